The van der Waals surface area contributed by atoms with Gasteiger partial charge in [-0.3, -0.25) is 9.36 Å². The highest BCUT2D eigenvalue weighted by molar-refractivity contribution is 7.07. The van der Waals surface area contributed by atoms with Crippen molar-refractivity contribution >= 4 is 46.6 Å². The van der Waals surface area contributed by atoms with Crippen LogP contribution in [0.2, 0.25) is 10.0 Å². The number of halogens is 2. The molecule has 7 nitrogen and oxygen atoms in total. The number of carbonyl (C=O) groups is 1. The van der Waals surface area contributed by atoms with Crippen molar-refractivity contribution in [2.45, 2.75) is 26.8 Å². The average molecular weight is 571 g/mol. The molecule has 0 radical (unpaired) electrons. The Balaban J connectivity index is 1.94. The average Bonchev–Trinajstić information content (AvgIpc) is 3.17. The number of allylic oxidation sites excluding steroid dienone is 1. The number of rotatable bonds is 8. The first-order valence-corrected chi connectivity index (χ1v) is 13.3. The number of ether oxygens (including phenoxy) is 3. The van der Waals surface area contributed by atoms with E-state index in [0.29, 0.717) is 54.9 Å². The van der Waals surface area contributed by atoms with Gasteiger partial charge in [-0.15, -0.1) is 6.42 Å². The van der Waals surface area contributed by atoms with Crippen LogP contribution in [-0.2, 0) is 9.53 Å². The van der Waals surface area contributed by atoms with Crippen LogP contribution in [0.5, 0.6) is 11.5 Å². The molecule has 4 rings (SSSR count). The number of benzene rings is 2. The van der Waals surface area contributed by atoms with Gasteiger partial charge in [-0.05, 0) is 56.7 Å². The minimum absolute atomic E-state index is 0.0106. The van der Waals surface area contributed by atoms with Crippen molar-refractivity contribution in [2.24, 2.45) is 4.99 Å². The summed E-state index contributed by atoms with van der Waals surface area (Å²) >= 11 is 13.8. The van der Waals surface area contributed by atoms with Crippen LogP contribution in [0.3, 0.4) is 0 Å². The molecule has 38 heavy (non-hydrogen) atoms. The zero-order valence-electron chi connectivity index (χ0n) is 20.9. The summed E-state index contributed by atoms with van der Waals surface area (Å²) in [6.45, 7) is 6.04. The molecular formula is C28H24Cl2N2O5S. The summed E-state index contributed by atoms with van der Waals surface area (Å²) in [6.07, 6.45) is 6.98. The first kappa shape index (κ1) is 27.5. The maximum Gasteiger partial charge on any atom is 0.338 e. The standard InChI is InChI=1S/C28H24Cl2N2O5S/c1-5-12-37-25-18(13-19(29)15-21(25)30)14-22-26(33)32-24(17-8-10-20(11-9-17)35-6-2)23(27(34)36-7-3)16(4)31-28(32)38-22/h1,8-11,13-15,24H,6-7,12H2,2-4H3/b22-14-/t24-/m1/s1. The van der Waals surface area contributed by atoms with Gasteiger partial charge < -0.3 is 14.2 Å². The van der Waals surface area contributed by atoms with Crippen LogP contribution in [0.25, 0.3) is 6.08 Å². The second-order valence-corrected chi connectivity index (χ2v) is 9.96. The SMILES string of the molecule is C#CCOc1c(Cl)cc(Cl)cc1/C=c1\sc2n(c1=O)[C@H](c1ccc(OCC)cc1)C(C(=O)OCC)=C(C)N=2. The van der Waals surface area contributed by atoms with Gasteiger partial charge in [-0.1, -0.05) is 52.6 Å². The lowest BCUT2D eigenvalue weighted by Crippen LogP contribution is -2.39. The maximum absolute atomic E-state index is 13.8. The predicted octanol–water partition coefficient (Wildman–Crippen LogP) is 4.52. The van der Waals surface area contributed by atoms with Crippen LogP contribution in [-0.4, -0.2) is 30.4 Å². The molecule has 0 fully saturated rings. The number of carbonyl (C=O) groups excluding carboxylic acids is 1. The Morgan fingerprint density at radius 1 is 1.18 bits per heavy atom. The van der Waals surface area contributed by atoms with E-state index in [9.17, 15) is 9.59 Å². The number of esters is 1. The maximum atomic E-state index is 13.8. The largest absolute Gasteiger partial charge is 0.494 e. The van der Waals surface area contributed by atoms with Crippen molar-refractivity contribution in [3.63, 3.8) is 0 Å². The molecule has 0 amide bonds. The van der Waals surface area contributed by atoms with E-state index in [4.69, 9.17) is 43.8 Å². The fraction of sp³-hybridized carbons (Fsp3) is 0.250. The molecule has 1 aliphatic rings. The molecule has 1 aromatic heterocycles. The first-order valence-electron chi connectivity index (χ1n) is 11.8. The summed E-state index contributed by atoms with van der Waals surface area (Å²) in [4.78, 5) is 31.9. The summed E-state index contributed by atoms with van der Waals surface area (Å²) in [6, 6.07) is 9.68. The van der Waals surface area contributed by atoms with E-state index >= 15 is 0 Å². The van der Waals surface area contributed by atoms with Gasteiger partial charge in [0.15, 0.2) is 4.80 Å². The van der Waals surface area contributed by atoms with E-state index in [2.05, 4.69) is 10.9 Å². The van der Waals surface area contributed by atoms with E-state index in [1.54, 1.807) is 38.1 Å². The summed E-state index contributed by atoms with van der Waals surface area (Å²) in [5.74, 6) is 2.86. The Kier molecular flexibility index (Phi) is 8.62. The fourth-order valence-electron chi connectivity index (χ4n) is 4.11. The van der Waals surface area contributed by atoms with Crippen molar-refractivity contribution in [1.29, 1.82) is 0 Å². The van der Waals surface area contributed by atoms with Gasteiger partial charge in [0.2, 0.25) is 0 Å². The van der Waals surface area contributed by atoms with Gasteiger partial charge in [0, 0.05) is 10.6 Å². The quantitative estimate of drug-likeness (QED) is 0.294. The summed E-state index contributed by atoms with van der Waals surface area (Å²) in [5.41, 5.74) is 1.61. The Labute approximate surface area is 233 Å². The van der Waals surface area contributed by atoms with Crippen LogP contribution in [0.1, 0.15) is 37.9 Å². The van der Waals surface area contributed by atoms with Crippen molar-refractivity contribution in [2.75, 3.05) is 19.8 Å². The van der Waals surface area contributed by atoms with Crippen molar-refractivity contribution < 1.29 is 19.0 Å². The lowest BCUT2D eigenvalue weighted by atomic mass is 9.96. The number of nitrogens with zero attached hydrogens (tertiary/aromatic N) is 2. The number of thiazole rings is 1. The third kappa shape index (κ3) is 5.51. The molecule has 0 spiro atoms. The van der Waals surface area contributed by atoms with Crippen molar-refractivity contribution in [3.05, 3.63) is 88.5 Å². The van der Waals surface area contributed by atoms with E-state index in [0.717, 1.165) is 0 Å². The topological polar surface area (TPSA) is 79.1 Å². The van der Waals surface area contributed by atoms with Crippen LogP contribution in [0, 0.1) is 12.3 Å². The molecule has 0 bridgehead atoms. The third-order valence-electron chi connectivity index (χ3n) is 5.65. The number of aromatic nitrogens is 1. The van der Waals surface area contributed by atoms with Crippen molar-refractivity contribution in [1.82, 2.24) is 4.57 Å². The minimum atomic E-state index is -0.747. The lowest BCUT2D eigenvalue weighted by molar-refractivity contribution is -0.139. The van der Waals surface area contributed by atoms with Gasteiger partial charge >= 0.3 is 5.97 Å². The van der Waals surface area contributed by atoms with Gasteiger partial charge in [0.1, 0.15) is 18.1 Å². The molecule has 2 heterocycles. The molecule has 196 valence electrons. The molecular weight excluding hydrogens is 547 g/mol. The van der Waals surface area contributed by atoms with E-state index < -0.39 is 12.0 Å². The van der Waals surface area contributed by atoms with Crippen LogP contribution in [0.15, 0.2) is 57.5 Å². The number of hydrogen-bond acceptors (Lipinski definition) is 7. The summed E-state index contributed by atoms with van der Waals surface area (Å²) in [7, 11) is 0. The summed E-state index contributed by atoms with van der Waals surface area (Å²) in [5, 5.41) is 0.634. The Morgan fingerprint density at radius 2 is 1.92 bits per heavy atom. The highest BCUT2D eigenvalue weighted by atomic mass is 35.5. The van der Waals surface area contributed by atoms with E-state index in [-0.39, 0.29) is 23.8 Å². The Hall–Kier alpha value is -3.51. The van der Waals surface area contributed by atoms with Crippen molar-refractivity contribution in [3.8, 4) is 23.8 Å². The molecule has 0 unspecified atom stereocenters. The highest BCUT2D eigenvalue weighted by Gasteiger charge is 2.33. The highest BCUT2D eigenvalue weighted by Crippen LogP contribution is 2.34. The zero-order valence-corrected chi connectivity index (χ0v) is 23.2. The smallest absolute Gasteiger partial charge is 0.338 e. The number of hydrogen-bond donors (Lipinski definition) is 0. The van der Waals surface area contributed by atoms with Gasteiger partial charge in [0.25, 0.3) is 5.56 Å². The minimum Gasteiger partial charge on any atom is -0.494 e. The molecule has 0 saturated carbocycles. The second-order valence-electron chi connectivity index (χ2n) is 8.10. The molecule has 2 aromatic carbocycles. The van der Waals surface area contributed by atoms with E-state index in [1.807, 2.05) is 19.1 Å². The normalized spacial score (nSPS) is 14.9. The van der Waals surface area contributed by atoms with Gasteiger partial charge in [-0.25, -0.2) is 9.79 Å². The second kappa shape index (κ2) is 11.9. The molecule has 1 atom stereocenters. The molecule has 10 heteroatoms. The first-order chi connectivity index (χ1) is 18.3. The Bertz CT molecular complexity index is 1630. The van der Waals surface area contributed by atoms with Gasteiger partial charge in [0.05, 0.1) is 40.1 Å². The molecule has 0 aliphatic carbocycles. The lowest BCUT2D eigenvalue weighted by Gasteiger charge is -2.24. The molecule has 0 N–H and O–H groups in total. The number of fused-ring (bicyclic) bond motifs is 1. The molecule has 3 aromatic rings. The Morgan fingerprint density at radius 3 is 2.58 bits per heavy atom. The number of terminal acetylenes is 1. The van der Waals surface area contributed by atoms with Crippen LogP contribution in [0.4, 0.5) is 0 Å². The fourth-order valence-corrected chi connectivity index (χ4v) is 5.72. The zero-order chi connectivity index (χ0) is 27.4. The van der Waals surface area contributed by atoms with Gasteiger partial charge in [-0.2, -0.15) is 0 Å². The van der Waals surface area contributed by atoms with Crippen LogP contribution >= 0.6 is 34.5 Å². The third-order valence-corrected chi connectivity index (χ3v) is 7.13. The summed E-state index contributed by atoms with van der Waals surface area (Å²) < 4.78 is 18.4. The van der Waals surface area contributed by atoms with E-state index in [1.165, 1.54) is 22.0 Å². The predicted molar refractivity (Wildman–Crippen MR) is 149 cm³/mol. The molecule has 1 aliphatic heterocycles. The molecule has 0 saturated heterocycles. The monoisotopic (exact) mass is 570 g/mol. The van der Waals surface area contributed by atoms with Crippen LogP contribution < -0.4 is 24.4 Å².